The summed E-state index contributed by atoms with van der Waals surface area (Å²) in [6.07, 6.45) is 1.67. The van der Waals surface area contributed by atoms with Crippen LogP contribution in [-0.2, 0) is 9.59 Å². The summed E-state index contributed by atoms with van der Waals surface area (Å²) in [6, 6.07) is 0. The van der Waals surface area contributed by atoms with E-state index < -0.39 is 11.3 Å². The van der Waals surface area contributed by atoms with E-state index in [-0.39, 0.29) is 18.4 Å². The molecule has 0 aliphatic heterocycles. The van der Waals surface area contributed by atoms with Gasteiger partial charge in [0, 0.05) is 13.1 Å². The summed E-state index contributed by atoms with van der Waals surface area (Å²) in [5, 5.41) is 2.72. The number of hydrogen-bond acceptors (Lipinski definition) is 3. The lowest BCUT2D eigenvalue weighted by Gasteiger charge is -2.22. The van der Waals surface area contributed by atoms with Gasteiger partial charge in [0.2, 0.25) is 11.8 Å². The van der Waals surface area contributed by atoms with Gasteiger partial charge in [0.15, 0.2) is 0 Å². The van der Waals surface area contributed by atoms with Crippen molar-refractivity contribution in [2.45, 2.75) is 33.6 Å². The predicted molar refractivity (Wildman–Crippen MR) is 63.4 cm³/mol. The fourth-order valence-corrected chi connectivity index (χ4v) is 1.24. The van der Waals surface area contributed by atoms with Gasteiger partial charge in [-0.25, -0.2) is 0 Å². The molecule has 0 heterocycles. The van der Waals surface area contributed by atoms with E-state index in [0.29, 0.717) is 6.54 Å². The minimum absolute atomic E-state index is 0.0984. The second-order valence-electron chi connectivity index (χ2n) is 4.69. The number of carbonyl (C=O) groups is 2. The van der Waals surface area contributed by atoms with Gasteiger partial charge in [0.1, 0.15) is 0 Å². The maximum absolute atomic E-state index is 11.7. The molecule has 0 fully saturated rings. The smallest absolute Gasteiger partial charge is 0.224 e. The molecule has 0 radical (unpaired) electrons. The lowest BCUT2D eigenvalue weighted by Crippen LogP contribution is -2.45. The Morgan fingerprint density at radius 1 is 1.38 bits per heavy atom. The summed E-state index contributed by atoms with van der Waals surface area (Å²) < 4.78 is 0. The van der Waals surface area contributed by atoms with Gasteiger partial charge in [-0.3, -0.25) is 9.59 Å². The topological polar surface area (TPSA) is 98.2 Å². The van der Waals surface area contributed by atoms with Crippen LogP contribution < -0.4 is 16.8 Å². The number of primary amides is 1. The average Bonchev–Trinajstić information content (AvgIpc) is 2.22. The third-order valence-corrected chi connectivity index (χ3v) is 2.66. The highest BCUT2D eigenvalue weighted by Gasteiger charge is 2.26. The minimum atomic E-state index is -0.721. The Labute approximate surface area is 96.9 Å². The van der Waals surface area contributed by atoms with Crippen molar-refractivity contribution in [3.63, 3.8) is 0 Å². The zero-order valence-electron chi connectivity index (χ0n) is 10.4. The van der Waals surface area contributed by atoms with Gasteiger partial charge in [0.25, 0.3) is 0 Å². The maximum Gasteiger partial charge on any atom is 0.224 e. The van der Waals surface area contributed by atoms with Crippen molar-refractivity contribution in [2.75, 3.05) is 13.1 Å². The van der Waals surface area contributed by atoms with Crippen LogP contribution in [0.3, 0.4) is 0 Å². The summed E-state index contributed by atoms with van der Waals surface area (Å²) in [5.74, 6) is -0.694. The van der Waals surface area contributed by atoms with Gasteiger partial charge in [-0.1, -0.05) is 13.3 Å². The maximum atomic E-state index is 11.7. The molecule has 0 saturated carbocycles. The SMILES string of the molecule is CCCC(CN)C(=O)NCC(C)(C)C(N)=O. The van der Waals surface area contributed by atoms with E-state index >= 15 is 0 Å². The number of hydrogen-bond donors (Lipinski definition) is 3. The molecule has 0 bridgehead atoms. The largest absolute Gasteiger partial charge is 0.369 e. The van der Waals surface area contributed by atoms with Crippen LogP contribution in [0.25, 0.3) is 0 Å². The molecule has 5 heteroatoms. The van der Waals surface area contributed by atoms with E-state index in [1.165, 1.54) is 0 Å². The first-order valence-corrected chi connectivity index (χ1v) is 5.62. The first-order chi connectivity index (χ1) is 7.35. The van der Waals surface area contributed by atoms with Crippen molar-refractivity contribution in [1.29, 1.82) is 0 Å². The van der Waals surface area contributed by atoms with E-state index in [0.717, 1.165) is 12.8 Å². The third-order valence-electron chi connectivity index (χ3n) is 2.66. The van der Waals surface area contributed by atoms with Gasteiger partial charge in [-0.05, 0) is 20.3 Å². The van der Waals surface area contributed by atoms with E-state index in [1.54, 1.807) is 13.8 Å². The Morgan fingerprint density at radius 2 is 1.94 bits per heavy atom. The second-order valence-corrected chi connectivity index (χ2v) is 4.69. The van der Waals surface area contributed by atoms with Crippen molar-refractivity contribution in [3.8, 4) is 0 Å². The summed E-state index contributed by atoms with van der Waals surface area (Å²) in [5.41, 5.74) is 9.99. The monoisotopic (exact) mass is 229 g/mol. The van der Waals surface area contributed by atoms with Crippen LogP contribution in [0, 0.1) is 11.3 Å². The Balaban J connectivity index is 4.19. The standard InChI is InChI=1S/C11H23N3O2/c1-4-5-8(6-12)9(15)14-7-11(2,3)10(13)16/h8H,4-7,12H2,1-3H3,(H2,13,16)(H,14,15). The zero-order valence-corrected chi connectivity index (χ0v) is 10.4. The van der Waals surface area contributed by atoms with Gasteiger partial charge in [-0.15, -0.1) is 0 Å². The van der Waals surface area contributed by atoms with Crippen LogP contribution in [-0.4, -0.2) is 24.9 Å². The molecule has 0 saturated heterocycles. The van der Waals surface area contributed by atoms with Gasteiger partial charge in [0.05, 0.1) is 11.3 Å². The number of nitrogens with two attached hydrogens (primary N) is 2. The molecule has 94 valence electrons. The first-order valence-electron chi connectivity index (χ1n) is 5.62. The lowest BCUT2D eigenvalue weighted by atomic mass is 9.92. The van der Waals surface area contributed by atoms with Crippen LogP contribution in [0.15, 0.2) is 0 Å². The predicted octanol–water partition coefficient (Wildman–Crippen LogP) is -0.0109. The van der Waals surface area contributed by atoms with Crippen molar-refractivity contribution < 1.29 is 9.59 Å². The molecule has 0 spiro atoms. The van der Waals surface area contributed by atoms with Gasteiger partial charge < -0.3 is 16.8 Å². The Hall–Kier alpha value is -1.10. The average molecular weight is 229 g/mol. The normalized spacial score (nSPS) is 13.2. The molecular weight excluding hydrogens is 206 g/mol. The molecule has 16 heavy (non-hydrogen) atoms. The molecular formula is C11H23N3O2. The van der Waals surface area contributed by atoms with E-state index in [2.05, 4.69) is 5.32 Å². The number of carbonyl (C=O) groups excluding carboxylic acids is 2. The Bertz CT molecular complexity index is 252. The van der Waals surface area contributed by atoms with E-state index in [9.17, 15) is 9.59 Å². The van der Waals surface area contributed by atoms with E-state index in [1.807, 2.05) is 6.92 Å². The molecule has 2 amide bonds. The number of amides is 2. The fourth-order valence-electron chi connectivity index (χ4n) is 1.24. The summed E-state index contributed by atoms with van der Waals surface area (Å²) >= 11 is 0. The molecule has 5 N–H and O–H groups in total. The van der Waals surface area contributed by atoms with Crippen LogP contribution >= 0.6 is 0 Å². The Kier molecular flexibility index (Phi) is 6.03. The lowest BCUT2D eigenvalue weighted by molar-refractivity contribution is -0.128. The molecule has 0 aliphatic carbocycles. The van der Waals surface area contributed by atoms with Crippen LogP contribution in [0.1, 0.15) is 33.6 Å². The fraction of sp³-hybridized carbons (Fsp3) is 0.818. The van der Waals surface area contributed by atoms with Crippen LogP contribution in [0.4, 0.5) is 0 Å². The highest BCUT2D eigenvalue weighted by molar-refractivity contribution is 5.82. The highest BCUT2D eigenvalue weighted by atomic mass is 16.2. The summed E-state index contributed by atoms with van der Waals surface area (Å²) in [4.78, 5) is 22.7. The van der Waals surface area contributed by atoms with Crippen LogP contribution in [0.5, 0.6) is 0 Å². The van der Waals surface area contributed by atoms with Crippen LogP contribution in [0.2, 0.25) is 0 Å². The molecule has 5 nitrogen and oxygen atoms in total. The zero-order chi connectivity index (χ0) is 12.8. The summed E-state index contributed by atoms with van der Waals surface area (Å²) in [6.45, 7) is 5.99. The van der Waals surface area contributed by atoms with E-state index in [4.69, 9.17) is 11.5 Å². The van der Waals surface area contributed by atoms with Crippen molar-refractivity contribution >= 4 is 11.8 Å². The molecule has 0 aromatic rings. The molecule has 0 aromatic carbocycles. The Morgan fingerprint density at radius 3 is 2.31 bits per heavy atom. The van der Waals surface area contributed by atoms with Crippen molar-refractivity contribution in [3.05, 3.63) is 0 Å². The second kappa shape index (κ2) is 6.48. The molecule has 0 aliphatic rings. The molecule has 1 unspecified atom stereocenters. The van der Waals surface area contributed by atoms with Crippen molar-refractivity contribution in [2.24, 2.45) is 22.8 Å². The molecule has 0 rings (SSSR count). The van der Waals surface area contributed by atoms with Crippen molar-refractivity contribution in [1.82, 2.24) is 5.32 Å². The minimum Gasteiger partial charge on any atom is -0.369 e. The van der Waals surface area contributed by atoms with Gasteiger partial charge >= 0.3 is 0 Å². The third kappa shape index (κ3) is 4.61. The molecule has 1 atom stereocenters. The van der Waals surface area contributed by atoms with Gasteiger partial charge in [-0.2, -0.15) is 0 Å². The number of nitrogens with one attached hydrogen (secondary N) is 1. The molecule has 0 aromatic heterocycles. The quantitative estimate of drug-likeness (QED) is 0.572. The first kappa shape index (κ1) is 14.9. The highest BCUT2D eigenvalue weighted by Crippen LogP contribution is 2.12. The number of rotatable bonds is 7. The summed E-state index contributed by atoms with van der Waals surface area (Å²) in [7, 11) is 0.